The van der Waals surface area contributed by atoms with Crippen molar-refractivity contribution >= 4 is 5.91 Å². The predicted molar refractivity (Wildman–Crippen MR) is 76.3 cm³/mol. The molecule has 2 saturated carbocycles. The molecule has 0 atom stereocenters. The van der Waals surface area contributed by atoms with E-state index in [0.717, 1.165) is 37.9 Å². The van der Waals surface area contributed by atoms with Crippen LogP contribution in [0.4, 0.5) is 0 Å². The number of pyridine rings is 1. The van der Waals surface area contributed by atoms with Gasteiger partial charge in [-0.05, 0) is 57.3 Å². The number of hydrogen-bond acceptors (Lipinski definition) is 3. The highest BCUT2D eigenvalue weighted by molar-refractivity contribution is 5.91. The lowest BCUT2D eigenvalue weighted by atomic mass is 9.99. The second-order valence-corrected chi connectivity index (χ2v) is 6.66. The molecule has 0 aromatic carbocycles. The molecule has 1 aromatic heterocycles. The molecule has 4 heteroatoms. The highest BCUT2D eigenvalue weighted by Crippen LogP contribution is 2.49. The molecule has 0 radical (unpaired) electrons. The molecule has 1 aliphatic heterocycles. The average molecular weight is 271 g/mol. The van der Waals surface area contributed by atoms with Crippen molar-refractivity contribution in [3.63, 3.8) is 0 Å². The van der Waals surface area contributed by atoms with Crippen LogP contribution in [0.15, 0.2) is 24.4 Å². The Kier molecular flexibility index (Phi) is 2.64. The maximum Gasteiger partial charge on any atom is 0.232 e. The maximum atomic E-state index is 12.7. The largest absolute Gasteiger partial charge is 0.349 e. The van der Waals surface area contributed by atoms with E-state index in [1.165, 1.54) is 19.5 Å². The van der Waals surface area contributed by atoms with Crippen molar-refractivity contribution in [2.75, 3.05) is 19.6 Å². The minimum atomic E-state index is -0.328. The second kappa shape index (κ2) is 4.29. The Morgan fingerprint density at radius 1 is 1.25 bits per heavy atom. The lowest BCUT2D eigenvalue weighted by molar-refractivity contribution is -0.124. The van der Waals surface area contributed by atoms with Gasteiger partial charge in [0.2, 0.25) is 5.91 Å². The van der Waals surface area contributed by atoms with Gasteiger partial charge >= 0.3 is 0 Å². The van der Waals surface area contributed by atoms with Crippen LogP contribution in [0.25, 0.3) is 0 Å². The van der Waals surface area contributed by atoms with Crippen LogP contribution in [0, 0.1) is 0 Å². The van der Waals surface area contributed by atoms with Gasteiger partial charge in [-0.3, -0.25) is 9.78 Å². The smallest absolute Gasteiger partial charge is 0.232 e. The molecular weight excluding hydrogens is 250 g/mol. The third-order valence-corrected chi connectivity index (χ3v) is 5.05. The molecule has 1 N–H and O–H groups in total. The quantitative estimate of drug-likeness (QED) is 0.882. The van der Waals surface area contributed by atoms with E-state index in [1.807, 2.05) is 18.2 Å². The number of aromatic nitrogens is 1. The first-order valence-electron chi connectivity index (χ1n) is 7.69. The first kappa shape index (κ1) is 12.3. The van der Waals surface area contributed by atoms with E-state index in [0.29, 0.717) is 0 Å². The van der Waals surface area contributed by atoms with E-state index < -0.39 is 0 Å². The summed E-state index contributed by atoms with van der Waals surface area (Å²) in [6.07, 6.45) is 7.24. The molecular formula is C16H21N3O. The molecule has 106 valence electrons. The molecule has 0 bridgehead atoms. The number of nitrogens with zero attached hydrogens (tertiary/aromatic N) is 2. The molecule has 2 aliphatic carbocycles. The number of carbonyl (C=O) groups is 1. The van der Waals surface area contributed by atoms with Crippen LogP contribution in [-0.4, -0.2) is 41.0 Å². The molecule has 1 aromatic rings. The minimum absolute atomic E-state index is 0.0713. The monoisotopic (exact) mass is 271 g/mol. The van der Waals surface area contributed by atoms with Gasteiger partial charge in [0.1, 0.15) is 0 Å². The van der Waals surface area contributed by atoms with Crippen LogP contribution in [0.2, 0.25) is 0 Å². The zero-order valence-corrected chi connectivity index (χ0v) is 11.8. The third-order valence-electron chi connectivity index (χ3n) is 5.05. The molecule has 4 rings (SSSR count). The molecule has 1 amide bonds. The number of carbonyl (C=O) groups excluding carboxylic acids is 1. The fourth-order valence-corrected chi connectivity index (χ4v) is 3.17. The van der Waals surface area contributed by atoms with E-state index >= 15 is 0 Å². The topological polar surface area (TPSA) is 45.2 Å². The van der Waals surface area contributed by atoms with Gasteiger partial charge in [0.15, 0.2) is 0 Å². The van der Waals surface area contributed by atoms with Gasteiger partial charge in [-0.1, -0.05) is 6.07 Å². The summed E-state index contributed by atoms with van der Waals surface area (Å²) in [7, 11) is 0. The first-order valence-corrected chi connectivity index (χ1v) is 7.69. The Labute approximate surface area is 119 Å². The van der Waals surface area contributed by atoms with Crippen LogP contribution in [-0.2, 0) is 10.2 Å². The van der Waals surface area contributed by atoms with Crippen LogP contribution < -0.4 is 5.32 Å². The summed E-state index contributed by atoms with van der Waals surface area (Å²) < 4.78 is 0. The molecule has 20 heavy (non-hydrogen) atoms. The lowest BCUT2D eigenvalue weighted by Gasteiger charge is -2.35. The standard InChI is InChI=1S/C16H21N3O/c20-14(16(7-8-16)13-4-1-2-9-17-13)18-15(5-6-15)12-19-10-3-11-19/h1-2,4,9H,3,5-8,10-12H2,(H,18,20). The summed E-state index contributed by atoms with van der Waals surface area (Å²) in [5.41, 5.74) is 0.686. The molecule has 0 unspecified atom stereocenters. The average Bonchev–Trinajstić information content (AvgIpc) is 3.31. The lowest BCUT2D eigenvalue weighted by Crippen LogP contribution is -2.52. The number of amides is 1. The summed E-state index contributed by atoms with van der Waals surface area (Å²) >= 11 is 0. The highest BCUT2D eigenvalue weighted by Gasteiger charge is 2.56. The number of likely N-dealkylation sites (tertiary alicyclic amines) is 1. The summed E-state index contributed by atoms with van der Waals surface area (Å²) in [6, 6.07) is 5.87. The van der Waals surface area contributed by atoms with Crippen molar-refractivity contribution in [2.45, 2.75) is 43.1 Å². The molecule has 0 spiro atoms. The SMILES string of the molecule is O=C(NC1(CN2CCC2)CC1)C1(c2ccccn2)CC1. The van der Waals surface area contributed by atoms with Gasteiger partial charge in [0.25, 0.3) is 0 Å². The Balaban J connectivity index is 1.45. The van der Waals surface area contributed by atoms with Gasteiger partial charge in [-0.15, -0.1) is 0 Å². The Hall–Kier alpha value is -1.42. The fourth-order valence-electron chi connectivity index (χ4n) is 3.17. The van der Waals surface area contributed by atoms with E-state index in [9.17, 15) is 4.79 Å². The van der Waals surface area contributed by atoms with E-state index in [-0.39, 0.29) is 16.9 Å². The predicted octanol–water partition coefficient (Wildman–Crippen LogP) is 1.47. The highest BCUT2D eigenvalue weighted by atomic mass is 16.2. The summed E-state index contributed by atoms with van der Waals surface area (Å²) in [5, 5.41) is 3.35. The van der Waals surface area contributed by atoms with Crippen molar-refractivity contribution in [2.24, 2.45) is 0 Å². The Morgan fingerprint density at radius 2 is 2.05 bits per heavy atom. The zero-order chi connectivity index (χ0) is 13.6. The maximum absolute atomic E-state index is 12.7. The zero-order valence-electron chi connectivity index (χ0n) is 11.8. The Morgan fingerprint density at radius 3 is 2.55 bits per heavy atom. The first-order chi connectivity index (χ1) is 9.73. The summed E-state index contributed by atoms with van der Waals surface area (Å²) in [6.45, 7) is 3.43. The second-order valence-electron chi connectivity index (χ2n) is 6.66. The number of nitrogens with one attached hydrogen (secondary N) is 1. The van der Waals surface area contributed by atoms with Crippen molar-refractivity contribution in [1.82, 2.24) is 15.2 Å². The van der Waals surface area contributed by atoms with E-state index in [2.05, 4.69) is 15.2 Å². The number of rotatable bonds is 5. The van der Waals surface area contributed by atoms with Gasteiger partial charge in [0.05, 0.1) is 16.6 Å². The molecule has 3 fully saturated rings. The molecule has 2 heterocycles. The Bertz CT molecular complexity index is 516. The van der Waals surface area contributed by atoms with Gasteiger partial charge in [-0.2, -0.15) is 0 Å². The van der Waals surface area contributed by atoms with Gasteiger partial charge < -0.3 is 10.2 Å². The molecule has 4 nitrogen and oxygen atoms in total. The van der Waals surface area contributed by atoms with E-state index in [1.54, 1.807) is 6.20 Å². The van der Waals surface area contributed by atoms with Crippen molar-refractivity contribution in [1.29, 1.82) is 0 Å². The van der Waals surface area contributed by atoms with Gasteiger partial charge in [-0.25, -0.2) is 0 Å². The normalized spacial score (nSPS) is 25.6. The van der Waals surface area contributed by atoms with Gasteiger partial charge in [0, 0.05) is 12.7 Å². The minimum Gasteiger partial charge on any atom is -0.349 e. The molecule has 1 saturated heterocycles. The summed E-state index contributed by atoms with van der Waals surface area (Å²) in [4.78, 5) is 19.6. The van der Waals surface area contributed by atoms with Crippen molar-refractivity contribution < 1.29 is 4.79 Å². The van der Waals surface area contributed by atoms with Crippen LogP contribution in [0.3, 0.4) is 0 Å². The van der Waals surface area contributed by atoms with Crippen molar-refractivity contribution in [3.05, 3.63) is 30.1 Å². The van der Waals surface area contributed by atoms with Crippen LogP contribution in [0.5, 0.6) is 0 Å². The third kappa shape index (κ3) is 2.03. The van der Waals surface area contributed by atoms with Crippen molar-refractivity contribution in [3.8, 4) is 0 Å². The fraction of sp³-hybridized carbons (Fsp3) is 0.625. The summed E-state index contributed by atoms with van der Waals surface area (Å²) in [5.74, 6) is 0.203. The van der Waals surface area contributed by atoms with E-state index in [4.69, 9.17) is 0 Å². The number of hydrogen-bond donors (Lipinski definition) is 1. The van der Waals surface area contributed by atoms with Crippen LogP contribution in [0.1, 0.15) is 37.8 Å². The molecule has 3 aliphatic rings. The van der Waals surface area contributed by atoms with Crippen LogP contribution >= 0.6 is 0 Å².